The Balaban J connectivity index is 1.76. The first kappa shape index (κ1) is 14.8. The second-order valence-corrected chi connectivity index (χ2v) is 6.16. The summed E-state index contributed by atoms with van der Waals surface area (Å²) in [7, 11) is 0. The molecule has 1 aromatic rings. The number of aliphatic carboxylic acids is 1. The predicted octanol–water partition coefficient (Wildman–Crippen LogP) is 2.19. The Morgan fingerprint density at radius 2 is 2.40 bits per heavy atom. The minimum Gasteiger partial charge on any atom is -0.481 e. The largest absolute Gasteiger partial charge is 0.481 e. The van der Waals surface area contributed by atoms with E-state index in [1.807, 2.05) is 12.3 Å². The van der Waals surface area contributed by atoms with Crippen LogP contribution in [0.4, 0.5) is 4.79 Å². The Morgan fingerprint density at radius 3 is 3.05 bits per heavy atom. The van der Waals surface area contributed by atoms with Crippen LogP contribution in [0.3, 0.4) is 0 Å². The number of amides is 2. The third-order valence-corrected chi connectivity index (χ3v) is 4.26. The molecule has 2 unspecified atom stereocenters. The molecular weight excluding hydrogens is 276 g/mol. The topological polar surface area (TPSA) is 69.6 Å². The van der Waals surface area contributed by atoms with Gasteiger partial charge < -0.3 is 15.3 Å². The molecule has 1 aliphatic heterocycles. The average molecular weight is 296 g/mol. The van der Waals surface area contributed by atoms with Gasteiger partial charge in [-0.2, -0.15) is 11.3 Å². The maximum absolute atomic E-state index is 12.1. The summed E-state index contributed by atoms with van der Waals surface area (Å²) in [5.74, 6) is -0.700. The van der Waals surface area contributed by atoms with E-state index in [-0.39, 0.29) is 24.4 Å². The van der Waals surface area contributed by atoms with Crippen molar-refractivity contribution < 1.29 is 14.7 Å². The van der Waals surface area contributed by atoms with Gasteiger partial charge in [0.05, 0.1) is 0 Å². The van der Waals surface area contributed by atoms with Crippen molar-refractivity contribution in [2.45, 2.75) is 32.2 Å². The lowest BCUT2D eigenvalue weighted by atomic mass is 10.1. The summed E-state index contributed by atoms with van der Waals surface area (Å²) in [6.07, 6.45) is 1.74. The number of carboxylic acid groups (broad SMARTS) is 1. The maximum atomic E-state index is 12.1. The molecule has 1 saturated heterocycles. The van der Waals surface area contributed by atoms with E-state index >= 15 is 0 Å². The van der Waals surface area contributed by atoms with Crippen molar-refractivity contribution in [2.24, 2.45) is 5.92 Å². The molecule has 2 N–H and O–H groups in total. The summed E-state index contributed by atoms with van der Waals surface area (Å²) in [6, 6.07) is 2.06. The highest BCUT2D eigenvalue weighted by molar-refractivity contribution is 7.07. The van der Waals surface area contributed by atoms with E-state index in [2.05, 4.69) is 16.8 Å². The Labute approximate surface area is 122 Å². The molecule has 110 valence electrons. The number of carbonyl (C=O) groups is 2. The van der Waals surface area contributed by atoms with E-state index < -0.39 is 5.97 Å². The second kappa shape index (κ2) is 6.74. The zero-order chi connectivity index (χ0) is 14.5. The van der Waals surface area contributed by atoms with Crippen LogP contribution in [0.25, 0.3) is 0 Å². The summed E-state index contributed by atoms with van der Waals surface area (Å²) >= 11 is 1.65. The number of rotatable bonds is 5. The molecule has 1 aromatic heterocycles. The molecule has 1 aliphatic rings. The highest BCUT2D eigenvalue weighted by atomic mass is 32.1. The molecule has 6 heteroatoms. The van der Waals surface area contributed by atoms with Crippen LogP contribution in [0.2, 0.25) is 0 Å². The zero-order valence-corrected chi connectivity index (χ0v) is 12.4. The summed E-state index contributed by atoms with van der Waals surface area (Å²) < 4.78 is 0. The van der Waals surface area contributed by atoms with Crippen molar-refractivity contribution in [3.05, 3.63) is 22.4 Å². The van der Waals surface area contributed by atoms with E-state index in [0.717, 1.165) is 12.8 Å². The van der Waals surface area contributed by atoms with Crippen LogP contribution < -0.4 is 5.32 Å². The van der Waals surface area contributed by atoms with Gasteiger partial charge in [-0.25, -0.2) is 4.79 Å². The molecule has 2 atom stereocenters. The molecule has 0 aliphatic carbocycles. The van der Waals surface area contributed by atoms with Gasteiger partial charge in [-0.15, -0.1) is 0 Å². The number of carboxylic acids is 1. The molecule has 2 heterocycles. The quantitative estimate of drug-likeness (QED) is 0.875. The second-order valence-electron chi connectivity index (χ2n) is 5.38. The van der Waals surface area contributed by atoms with Crippen molar-refractivity contribution >= 4 is 23.3 Å². The number of thiophene rings is 1. The number of likely N-dealkylation sites (tertiary alicyclic amines) is 1. The van der Waals surface area contributed by atoms with E-state index in [0.29, 0.717) is 13.1 Å². The van der Waals surface area contributed by atoms with Gasteiger partial charge in [0, 0.05) is 25.6 Å². The van der Waals surface area contributed by atoms with Crippen molar-refractivity contribution in [2.75, 3.05) is 13.1 Å². The van der Waals surface area contributed by atoms with Gasteiger partial charge in [0.25, 0.3) is 0 Å². The molecule has 5 nitrogen and oxygen atoms in total. The fourth-order valence-electron chi connectivity index (χ4n) is 2.55. The monoisotopic (exact) mass is 296 g/mol. The first-order valence-corrected chi connectivity index (χ1v) is 7.77. The van der Waals surface area contributed by atoms with Gasteiger partial charge in [0.2, 0.25) is 0 Å². The first-order chi connectivity index (χ1) is 9.54. The molecule has 0 bridgehead atoms. The van der Waals surface area contributed by atoms with Crippen molar-refractivity contribution in [1.82, 2.24) is 10.2 Å². The van der Waals surface area contributed by atoms with Gasteiger partial charge in [0.15, 0.2) is 0 Å². The fraction of sp³-hybridized carbons (Fsp3) is 0.571. The Bertz CT molecular complexity index is 461. The summed E-state index contributed by atoms with van der Waals surface area (Å²) in [6.45, 7) is 3.18. The lowest BCUT2D eigenvalue weighted by Crippen LogP contribution is -2.43. The van der Waals surface area contributed by atoms with Crippen LogP contribution in [-0.4, -0.2) is 41.1 Å². The number of urea groups is 1. The lowest BCUT2D eigenvalue weighted by molar-refractivity contribution is -0.138. The van der Waals surface area contributed by atoms with Gasteiger partial charge in [-0.05, 0) is 48.1 Å². The van der Waals surface area contributed by atoms with E-state index in [9.17, 15) is 9.59 Å². The molecule has 0 aromatic carbocycles. The van der Waals surface area contributed by atoms with Gasteiger partial charge in [0.1, 0.15) is 0 Å². The molecule has 20 heavy (non-hydrogen) atoms. The molecule has 1 fully saturated rings. The third-order valence-electron chi connectivity index (χ3n) is 3.53. The van der Waals surface area contributed by atoms with Crippen LogP contribution in [0.15, 0.2) is 16.8 Å². The number of nitrogens with one attached hydrogen (secondary N) is 1. The van der Waals surface area contributed by atoms with Gasteiger partial charge >= 0.3 is 12.0 Å². The number of hydrogen-bond donors (Lipinski definition) is 2. The normalized spacial score (nSPS) is 19.9. The molecule has 0 radical (unpaired) electrons. The van der Waals surface area contributed by atoms with Crippen molar-refractivity contribution in [3.63, 3.8) is 0 Å². The minimum absolute atomic E-state index is 0.0793. The first-order valence-electron chi connectivity index (χ1n) is 6.83. The molecular formula is C14H20N2O3S. The minimum atomic E-state index is -0.789. The highest BCUT2D eigenvalue weighted by Crippen LogP contribution is 2.19. The predicted molar refractivity (Wildman–Crippen MR) is 77.9 cm³/mol. The summed E-state index contributed by atoms with van der Waals surface area (Å²) in [5, 5.41) is 15.9. The lowest BCUT2D eigenvalue weighted by Gasteiger charge is -2.20. The van der Waals surface area contributed by atoms with Gasteiger partial charge in [-0.1, -0.05) is 0 Å². The van der Waals surface area contributed by atoms with Crippen molar-refractivity contribution in [1.29, 1.82) is 0 Å². The van der Waals surface area contributed by atoms with E-state index in [1.165, 1.54) is 5.56 Å². The number of nitrogens with zero attached hydrogens (tertiary/aromatic N) is 1. The smallest absolute Gasteiger partial charge is 0.317 e. The maximum Gasteiger partial charge on any atom is 0.317 e. The van der Waals surface area contributed by atoms with Crippen LogP contribution in [-0.2, 0) is 11.2 Å². The molecule has 2 rings (SSSR count). The third kappa shape index (κ3) is 4.23. The highest BCUT2D eigenvalue weighted by Gasteiger charge is 2.28. The average Bonchev–Trinajstić information content (AvgIpc) is 2.99. The SMILES string of the molecule is CC(Cc1ccsc1)NC(=O)N1CCC(CC(=O)O)C1. The fourth-order valence-corrected chi connectivity index (χ4v) is 3.23. The Hall–Kier alpha value is -1.56. The molecule has 0 spiro atoms. The summed E-state index contributed by atoms with van der Waals surface area (Å²) in [4.78, 5) is 24.5. The van der Waals surface area contributed by atoms with E-state index in [4.69, 9.17) is 5.11 Å². The summed E-state index contributed by atoms with van der Waals surface area (Å²) in [5.41, 5.74) is 1.23. The van der Waals surface area contributed by atoms with Crippen LogP contribution >= 0.6 is 11.3 Å². The van der Waals surface area contributed by atoms with Crippen LogP contribution in [0.1, 0.15) is 25.3 Å². The number of hydrogen-bond acceptors (Lipinski definition) is 3. The molecule has 0 saturated carbocycles. The molecule has 2 amide bonds. The Morgan fingerprint density at radius 1 is 1.60 bits per heavy atom. The van der Waals surface area contributed by atoms with E-state index in [1.54, 1.807) is 16.2 Å². The standard InChI is InChI=1S/C14H20N2O3S/c1-10(6-12-3-5-20-9-12)15-14(19)16-4-2-11(8-16)7-13(17)18/h3,5,9-11H,2,4,6-8H2,1H3,(H,15,19)(H,17,18). The van der Waals surface area contributed by atoms with Crippen LogP contribution in [0, 0.1) is 5.92 Å². The van der Waals surface area contributed by atoms with Crippen molar-refractivity contribution in [3.8, 4) is 0 Å². The zero-order valence-electron chi connectivity index (χ0n) is 11.5. The van der Waals surface area contributed by atoms with Crippen LogP contribution in [0.5, 0.6) is 0 Å². The number of carbonyl (C=O) groups excluding carboxylic acids is 1. The van der Waals surface area contributed by atoms with Gasteiger partial charge in [-0.3, -0.25) is 4.79 Å². The Kier molecular flexibility index (Phi) is 5.00.